The monoisotopic (exact) mass is 333 g/mol. The predicted octanol–water partition coefficient (Wildman–Crippen LogP) is 2.05. The minimum Gasteiger partial charge on any atom is -0.444 e. The first kappa shape index (κ1) is 16.0. The number of alkyl carbamates (subject to hydrolysis) is 1. The molecule has 19 heavy (non-hydrogen) atoms. The van der Waals surface area contributed by atoms with Crippen LogP contribution in [-0.2, 0) is 17.9 Å². The molecule has 0 aliphatic carbocycles. The van der Waals surface area contributed by atoms with Crippen molar-refractivity contribution in [2.45, 2.75) is 52.5 Å². The molecule has 1 heterocycles. The van der Waals surface area contributed by atoms with E-state index in [4.69, 9.17) is 4.74 Å². The number of nitrogens with one attached hydrogen (secondary N) is 1. The number of hydrogen-bond acceptors (Lipinski definition) is 4. The maximum Gasteiger partial charge on any atom is 0.407 e. The molecule has 1 aromatic rings. The average molecular weight is 334 g/mol. The number of hydrogen-bond donors (Lipinski definition) is 2. The van der Waals surface area contributed by atoms with E-state index >= 15 is 0 Å². The van der Waals surface area contributed by atoms with Gasteiger partial charge in [-0.2, -0.15) is 5.10 Å². The van der Waals surface area contributed by atoms with Gasteiger partial charge in [0.05, 0.1) is 18.8 Å². The van der Waals surface area contributed by atoms with Gasteiger partial charge in [0.1, 0.15) is 10.2 Å². The Labute approximate surface area is 121 Å². The summed E-state index contributed by atoms with van der Waals surface area (Å²) >= 11 is 3.25. The van der Waals surface area contributed by atoms with Crippen LogP contribution < -0.4 is 5.32 Å². The molecule has 0 aromatic carbocycles. The highest BCUT2D eigenvalue weighted by Gasteiger charge is 2.18. The lowest BCUT2D eigenvalue weighted by Crippen LogP contribution is -2.40. The highest BCUT2D eigenvalue weighted by Crippen LogP contribution is 2.11. The fourth-order valence-electron chi connectivity index (χ4n) is 1.52. The van der Waals surface area contributed by atoms with Gasteiger partial charge in [-0.15, -0.1) is 0 Å². The summed E-state index contributed by atoms with van der Waals surface area (Å²) < 4.78 is 7.47. The van der Waals surface area contributed by atoms with E-state index in [-0.39, 0.29) is 12.6 Å². The van der Waals surface area contributed by atoms with Gasteiger partial charge >= 0.3 is 6.09 Å². The first-order valence-electron chi connectivity index (χ1n) is 6.04. The summed E-state index contributed by atoms with van der Waals surface area (Å²) in [5, 5.41) is 16.1. The Morgan fingerprint density at radius 3 is 2.79 bits per heavy atom. The molecule has 108 valence electrons. The Bertz CT molecular complexity index is 440. The number of aliphatic hydroxyl groups excluding tert-OH is 1. The molecule has 1 rings (SSSR count). The molecule has 7 heteroatoms. The Balaban J connectivity index is 2.55. The van der Waals surface area contributed by atoms with Gasteiger partial charge in [0.25, 0.3) is 0 Å². The summed E-state index contributed by atoms with van der Waals surface area (Å²) in [4.78, 5) is 11.6. The number of amides is 1. The number of carbonyl (C=O) groups is 1. The minimum atomic E-state index is -0.519. The van der Waals surface area contributed by atoms with Gasteiger partial charge in [0.2, 0.25) is 0 Å². The number of aliphatic hydroxyl groups is 1. The van der Waals surface area contributed by atoms with Crippen LogP contribution in [0.2, 0.25) is 0 Å². The molecule has 0 fully saturated rings. The quantitative estimate of drug-likeness (QED) is 0.884. The molecular formula is C12H20BrN3O3. The van der Waals surface area contributed by atoms with Crippen LogP contribution in [0.5, 0.6) is 0 Å². The zero-order chi connectivity index (χ0) is 14.6. The van der Waals surface area contributed by atoms with E-state index in [1.165, 1.54) is 0 Å². The molecule has 0 bridgehead atoms. The molecule has 1 amide bonds. The highest BCUT2D eigenvalue weighted by molar-refractivity contribution is 9.10. The average Bonchev–Trinajstić information content (AvgIpc) is 2.55. The lowest BCUT2D eigenvalue weighted by Gasteiger charge is -2.22. The van der Waals surface area contributed by atoms with E-state index in [9.17, 15) is 9.90 Å². The van der Waals surface area contributed by atoms with Crippen LogP contribution in [-0.4, -0.2) is 32.6 Å². The molecule has 1 atom stereocenters. The van der Waals surface area contributed by atoms with Crippen LogP contribution in [0.1, 0.15) is 33.4 Å². The van der Waals surface area contributed by atoms with Crippen molar-refractivity contribution in [3.8, 4) is 0 Å². The molecule has 0 aliphatic heterocycles. The largest absolute Gasteiger partial charge is 0.444 e. The lowest BCUT2D eigenvalue weighted by molar-refractivity contribution is 0.0503. The third-order valence-corrected chi connectivity index (χ3v) is 2.59. The third kappa shape index (κ3) is 5.61. The molecule has 2 N–H and O–H groups in total. The Hall–Kier alpha value is -1.08. The molecule has 0 spiro atoms. The van der Waals surface area contributed by atoms with Gasteiger partial charge in [-0.3, -0.25) is 4.68 Å². The van der Waals surface area contributed by atoms with Gasteiger partial charge in [-0.05, 0) is 49.7 Å². The number of rotatable bonds is 4. The van der Waals surface area contributed by atoms with E-state index in [1.54, 1.807) is 10.7 Å². The lowest BCUT2D eigenvalue weighted by atomic mass is 10.2. The Morgan fingerprint density at radius 1 is 1.63 bits per heavy atom. The summed E-state index contributed by atoms with van der Waals surface area (Å²) in [6.45, 7) is 7.64. The van der Waals surface area contributed by atoms with E-state index in [1.807, 2.05) is 27.7 Å². The van der Waals surface area contributed by atoms with Crippen molar-refractivity contribution in [1.82, 2.24) is 15.1 Å². The molecule has 1 aromatic heterocycles. The Kier molecular flexibility index (Phi) is 5.37. The maximum atomic E-state index is 11.6. The Morgan fingerprint density at radius 2 is 2.26 bits per heavy atom. The number of aromatic nitrogens is 2. The van der Waals surface area contributed by atoms with Gasteiger partial charge < -0.3 is 15.2 Å². The fraction of sp³-hybridized carbons (Fsp3) is 0.667. The second-order valence-electron chi connectivity index (χ2n) is 5.35. The van der Waals surface area contributed by atoms with Gasteiger partial charge in [0.15, 0.2) is 0 Å². The van der Waals surface area contributed by atoms with Gasteiger partial charge in [-0.1, -0.05) is 0 Å². The predicted molar refractivity (Wildman–Crippen MR) is 74.7 cm³/mol. The van der Waals surface area contributed by atoms with Crippen LogP contribution >= 0.6 is 15.9 Å². The standard InChI is InChI=1S/C12H20BrN3O3/c1-8(14-11(18)19-12(2,3)4)6-16-9(7-17)5-10(13)15-16/h5,8,17H,6-7H2,1-4H3,(H,14,18). The summed E-state index contributed by atoms with van der Waals surface area (Å²) in [5.41, 5.74) is 0.166. The number of nitrogens with zero attached hydrogens (tertiary/aromatic N) is 2. The van der Waals surface area contributed by atoms with Crippen LogP contribution in [0.25, 0.3) is 0 Å². The van der Waals surface area contributed by atoms with Crippen molar-refractivity contribution in [3.63, 3.8) is 0 Å². The van der Waals surface area contributed by atoms with Crippen LogP contribution in [0, 0.1) is 0 Å². The highest BCUT2D eigenvalue weighted by atomic mass is 79.9. The summed E-state index contributed by atoms with van der Waals surface area (Å²) in [5.74, 6) is 0. The second kappa shape index (κ2) is 6.38. The van der Waals surface area contributed by atoms with Crippen molar-refractivity contribution in [1.29, 1.82) is 0 Å². The smallest absolute Gasteiger partial charge is 0.407 e. The van der Waals surface area contributed by atoms with Crippen LogP contribution in [0.3, 0.4) is 0 Å². The molecule has 6 nitrogen and oxygen atoms in total. The minimum absolute atomic E-state index is 0.0994. The molecule has 0 saturated heterocycles. The SMILES string of the molecule is CC(Cn1nc(Br)cc1CO)NC(=O)OC(C)(C)C. The molecule has 1 unspecified atom stereocenters. The first-order chi connectivity index (χ1) is 8.71. The van der Waals surface area contributed by atoms with E-state index in [0.29, 0.717) is 16.8 Å². The first-order valence-corrected chi connectivity index (χ1v) is 6.83. The van der Waals surface area contributed by atoms with Gasteiger partial charge in [0, 0.05) is 6.04 Å². The summed E-state index contributed by atoms with van der Waals surface area (Å²) in [7, 11) is 0. The molecule has 0 aliphatic rings. The third-order valence-electron chi connectivity index (χ3n) is 2.21. The van der Waals surface area contributed by atoms with Crippen LogP contribution in [0.15, 0.2) is 10.7 Å². The van der Waals surface area contributed by atoms with Crippen molar-refractivity contribution in [2.75, 3.05) is 0 Å². The second-order valence-corrected chi connectivity index (χ2v) is 6.16. The normalized spacial score (nSPS) is 13.2. The number of carbonyl (C=O) groups excluding carboxylic acids is 1. The summed E-state index contributed by atoms with van der Waals surface area (Å²) in [6.07, 6.45) is -0.461. The molecular weight excluding hydrogens is 314 g/mol. The van der Waals surface area contributed by atoms with E-state index in [0.717, 1.165) is 0 Å². The zero-order valence-electron chi connectivity index (χ0n) is 11.6. The van der Waals surface area contributed by atoms with Crippen molar-refractivity contribution < 1.29 is 14.6 Å². The number of halogens is 1. The van der Waals surface area contributed by atoms with Gasteiger partial charge in [-0.25, -0.2) is 4.79 Å². The molecule has 0 saturated carbocycles. The van der Waals surface area contributed by atoms with E-state index in [2.05, 4.69) is 26.3 Å². The van der Waals surface area contributed by atoms with Crippen molar-refractivity contribution >= 4 is 22.0 Å². The number of ether oxygens (including phenoxy) is 1. The topological polar surface area (TPSA) is 76.4 Å². The summed E-state index contributed by atoms with van der Waals surface area (Å²) in [6, 6.07) is 1.58. The fourth-order valence-corrected chi connectivity index (χ4v) is 1.98. The van der Waals surface area contributed by atoms with Crippen molar-refractivity contribution in [2.24, 2.45) is 0 Å². The van der Waals surface area contributed by atoms with Crippen molar-refractivity contribution in [3.05, 3.63) is 16.4 Å². The zero-order valence-corrected chi connectivity index (χ0v) is 13.2. The van der Waals surface area contributed by atoms with E-state index < -0.39 is 11.7 Å². The van der Waals surface area contributed by atoms with Crippen LogP contribution in [0.4, 0.5) is 4.79 Å². The molecule has 0 radical (unpaired) electrons. The maximum absolute atomic E-state index is 11.6.